The number of likely N-dealkylation sites (N-methyl/N-ethyl adjacent to an activating group) is 2. The van der Waals surface area contributed by atoms with Gasteiger partial charge in [-0.25, -0.2) is 0 Å². The van der Waals surface area contributed by atoms with Crippen LogP contribution in [-0.2, 0) is 6.42 Å². The lowest BCUT2D eigenvalue weighted by Gasteiger charge is -2.45. The van der Waals surface area contributed by atoms with Crippen molar-refractivity contribution >= 4 is 15.9 Å². The van der Waals surface area contributed by atoms with Crippen LogP contribution in [0.3, 0.4) is 0 Å². The molecule has 0 amide bonds. The van der Waals surface area contributed by atoms with Gasteiger partial charge in [0.05, 0.1) is 7.11 Å². The third-order valence-electron chi connectivity index (χ3n) is 4.78. The highest BCUT2D eigenvalue weighted by atomic mass is 79.9. The summed E-state index contributed by atoms with van der Waals surface area (Å²) in [4.78, 5) is 2.36. The smallest absolute Gasteiger partial charge is 0.122 e. The molecule has 0 radical (unpaired) electrons. The molecule has 1 N–H and O–H groups in total. The van der Waals surface area contributed by atoms with Crippen LogP contribution < -0.4 is 10.1 Å². The molecule has 0 saturated carbocycles. The van der Waals surface area contributed by atoms with Gasteiger partial charge in [-0.1, -0.05) is 29.8 Å². The molecule has 1 atom stereocenters. The van der Waals surface area contributed by atoms with Crippen molar-refractivity contribution in [1.29, 1.82) is 0 Å². The number of nitrogens with one attached hydrogen (secondary N) is 1. The third kappa shape index (κ3) is 3.99. The Hall–Kier alpha value is -0.580. The molecule has 21 heavy (non-hydrogen) atoms. The van der Waals surface area contributed by atoms with Gasteiger partial charge >= 0.3 is 0 Å². The first-order valence-corrected chi connectivity index (χ1v) is 8.41. The molecule has 0 bridgehead atoms. The van der Waals surface area contributed by atoms with Crippen molar-refractivity contribution in [3.8, 4) is 5.75 Å². The van der Waals surface area contributed by atoms with E-state index in [1.165, 1.54) is 5.56 Å². The van der Waals surface area contributed by atoms with E-state index in [4.69, 9.17) is 4.74 Å². The van der Waals surface area contributed by atoms with Crippen molar-refractivity contribution in [2.24, 2.45) is 0 Å². The lowest BCUT2D eigenvalue weighted by atomic mass is 9.80. The zero-order valence-electron chi connectivity index (χ0n) is 14.2. The van der Waals surface area contributed by atoms with Crippen molar-refractivity contribution in [3.05, 3.63) is 28.2 Å². The van der Waals surface area contributed by atoms with E-state index < -0.39 is 0 Å². The second-order valence-corrected chi connectivity index (χ2v) is 6.62. The molecule has 1 aromatic carbocycles. The van der Waals surface area contributed by atoms with Crippen molar-refractivity contribution in [2.45, 2.75) is 44.7 Å². The minimum Gasteiger partial charge on any atom is -0.496 e. The molecular formula is C17H29BrN2O. The number of ether oxygens (including phenoxy) is 1. The van der Waals surface area contributed by atoms with Crippen LogP contribution in [0.15, 0.2) is 22.7 Å². The van der Waals surface area contributed by atoms with Crippen LogP contribution in [0.5, 0.6) is 5.75 Å². The van der Waals surface area contributed by atoms with E-state index >= 15 is 0 Å². The van der Waals surface area contributed by atoms with Crippen LogP contribution in [0.4, 0.5) is 0 Å². The van der Waals surface area contributed by atoms with Gasteiger partial charge in [0.2, 0.25) is 0 Å². The standard InChI is InChI=1S/C17H29BrN2O/c1-7-17(8-2,20(4)5)16(19-3)12-13-11-14(18)9-10-15(13)21-6/h9-11,16,19H,7-8,12H2,1-6H3. The predicted octanol–water partition coefficient (Wildman–Crippen LogP) is 3.71. The summed E-state index contributed by atoms with van der Waals surface area (Å²) < 4.78 is 6.62. The highest BCUT2D eigenvalue weighted by Crippen LogP contribution is 2.31. The summed E-state index contributed by atoms with van der Waals surface area (Å²) in [6, 6.07) is 6.58. The maximum Gasteiger partial charge on any atom is 0.122 e. The largest absolute Gasteiger partial charge is 0.496 e. The molecule has 0 aliphatic carbocycles. The maximum atomic E-state index is 5.52. The Morgan fingerprint density at radius 1 is 1.29 bits per heavy atom. The highest BCUT2D eigenvalue weighted by Gasteiger charge is 2.37. The summed E-state index contributed by atoms with van der Waals surface area (Å²) in [5, 5.41) is 3.53. The normalized spacial score (nSPS) is 13.5. The molecule has 1 rings (SSSR count). The van der Waals surface area contributed by atoms with Gasteiger partial charge in [-0.05, 0) is 64.2 Å². The van der Waals surface area contributed by atoms with E-state index in [1.54, 1.807) is 7.11 Å². The van der Waals surface area contributed by atoms with Crippen molar-refractivity contribution in [2.75, 3.05) is 28.3 Å². The molecule has 0 heterocycles. The summed E-state index contributed by atoms with van der Waals surface area (Å²) in [6.07, 6.45) is 3.16. The fourth-order valence-electron chi connectivity index (χ4n) is 3.37. The van der Waals surface area contributed by atoms with E-state index in [-0.39, 0.29) is 5.54 Å². The molecule has 120 valence electrons. The minimum absolute atomic E-state index is 0.141. The summed E-state index contributed by atoms with van der Waals surface area (Å²) >= 11 is 3.56. The van der Waals surface area contributed by atoms with Gasteiger partial charge in [0.15, 0.2) is 0 Å². The van der Waals surface area contributed by atoms with Crippen molar-refractivity contribution in [1.82, 2.24) is 10.2 Å². The minimum atomic E-state index is 0.141. The Morgan fingerprint density at radius 3 is 2.33 bits per heavy atom. The van der Waals surface area contributed by atoms with Crippen molar-refractivity contribution < 1.29 is 4.74 Å². The molecule has 4 heteroatoms. The third-order valence-corrected chi connectivity index (χ3v) is 5.27. The number of nitrogens with zero attached hydrogens (tertiary/aromatic N) is 1. The van der Waals surface area contributed by atoms with E-state index in [9.17, 15) is 0 Å². The first kappa shape index (κ1) is 18.5. The average Bonchev–Trinajstić information content (AvgIpc) is 2.47. The van der Waals surface area contributed by atoms with Gasteiger partial charge in [0, 0.05) is 16.1 Å². The van der Waals surface area contributed by atoms with E-state index in [0.717, 1.165) is 29.5 Å². The molecule has 0 spiro atoms. The van der Waals surface area contributed by atoms with Gasteiger partial charge < -0.3 is 15.0 Å². The van der Waals surface area contributed by atoms with Crippen LogP contribution in [0, 0.1) is 0 Å². The fraction of sp³-hybridized carbons (Fsp3) is 0.647. The van der Waals surface area contributed by atoms with Crippen LogP contribution in [0.2, 0.25) is 0 Å². The summed E-state index contributed by atoms with van der Waals surface area (Å²) in [5.74, 6) is 0.957. The van der Waals surface area contributed by atoms with Gasteiger partial charge in [0.1, 0.15) is 5.75 Å². The first-order chi connectivity index (χ1) is 9.94. The number of hydrogen-bond donors (Lipinski definition) is 1. The fourth-order valence-corrected chi connectivity index (χ4v) is 3.78. The molecule has 1 unspecified atom stereocenters. The van der Waals surface area contributed by atoms with Crippen LogP contribution >= 0.6 is 15.9 Å². The lowest BCUT2D eigenvalue weighted by Crippen LogP contribution is -2.58. The Morgan fingerprint density at radius 2 is 1.90 bits per heavy atom. The predicted molar refractivity (Wildman–Crippen MR) is 94.2 cm³/mol. The Balaban J connectivity index is 3.14. The average molecular weight is 357 g/mol. The van der Waals surface area contributed by atoms with Crippen LogP contribution in [-0.4, -0.2) is 44.7 Å². The molecule has 0 fully saturated rings. The second-order valence-electron chi connectivity index (χ2n) is 5.71. The number of benzene rings is 1. The maximum absolute atomic E-state index is 5.52. The number of hydrogen-bond acceptors (Lipinski definition) is 3. The molecule has 0 aliphatic heterocycles. The molecular weight excluding hydrogens is 328 g/mol. The summed E-state index contributed by atoms with van der Waals surface area (Å²) in [7, 11) is 8.14. The van der Waals surface area contributed by atoms with Crippen LogP contribution in [0.1, 0.15) is 32.3 Å². The molecule has 0 aliphatic rings. The molecule has 3 nitrogen and oxygen atoms in total. The Labute approximate surface area is 138 Å². The molecule has 1 aromatic rings. The van der Waals surface area contributed by atoms with E-state index in [2.05, 4.69) is 67.2 Å². The zero-order chi connectivity index (χ0) is 16.0. The monoisotopic (exact) mass is 356 g/mol. The Kier molecular flexibility index (Phi) is 7.17. The van der Waals surface area contributed by atoms with Gasteiger partial charge in [-0.3, -0.25) is 0 Å². The summed E-state index contributed by atoms with van der Waals surface area (Å²) in [5.41, 5.74) is 1.38. The Bertz CT molecular complexity index is 444. The van der Waals surface area contributed by atoms with Crippen LogP contribution in [0.25, 0.3) is 0 Å². The topological polar surface area (TPSA) is 24.5 Å². The lowest BCUT2D eigenvalue weighted by molar-refractivity contribution is 0.0914. The quantitative estimate of drug-likeness (QED) is 0.768. The molecule has 0 aromatic heterocycles. The highest BCUT2D eigenvalue weighted by molar-refractivity contribution is 9.10. The van der Waals surface area contributed by atoms with E-state index in [1.807, 2.05) is 12.1 Å². The van der Waals surface area contributed by atoms with Gasteiger partial charge in [-0.15, -0.1) is 0 Å². The first-order valence-electron chi connectivity index (χ1n) is 7.62. The van der Waals surface area contributed by atoms with Crippen molar-refractivity contribution in [3.63, 3.8) is 0 Å². The molecule has 0 saturated heterocycles. The zero-order valence-corrected chi connectivity index (χ0v) is 15.8. The van der Waals surface area contributed by atoms with Gasteiger partial charge in [-0.2, -0.15) is 0 Å². The second kappa shape index (κ2) is 8.16. The van der Waals surface area contributed by atoms with E-state index in [0.29, 0.717) is 6.04 Å². The summed E-state index contributed by atoms with van der Waals surface area (Å²) in [6.45, 7) is 4.54. The number of rotatable bonds is 8. The van der Waals surface area contributed by atoms with Gasteiger partial charge in [0.25, 0.3) is 0 Å². The number of methoxy groups -OCH3 is 1. The SMILES string of the molecule is CCC(CC)(C(Cc1cc(Br)ccc1OC)NC)N(C)C. The number of halogens is 1.